The molecule has 2 rings (SSSR count). The monoisotopic (exact) mass is 292 g/mol. The fourth-order valence-electron chi connectivity index (χ4n) is 2.82. The van der Waals surface area contributed by atoms with Crippen LogP contribution in [-0.2, 0) is 11.2 Å². The van der Waals surface area contributed by atoms with Crippen LogP contribution in [0.15, 0.2) is 24.3 Å². The number of benzene rings is 1. The van der Waals surface area contributed by atoms with Crippen LogP contribution in [0.25, 0.3) is 0 Å². The van der Waals surface area contributed by atoms with Gasteiger partial charge in [-0.2, -0.15) is 0 Å². The molecule has 0 aromatic heterocycles. The van der Waals surface area contributed by atoms with Crippen molar-refractivity contribution in [2.75, 3.05) is 40.8 Å². The van der Waals surface area contributed by atoms with Gasteiger partial charge in [-0.05, 0) is 38.2 Å². The SMILES string of the molecule is COc1ccc(CC(=O)N2CC[C@@](O)(CN(C)C)C2)cc1. The third-order valence-corrected chi connectivity index (χ3v) is 3.81. The molecule has 1 aliphatic heterocycles. The lowest BCUT2D eigenvalue weighted by Gasteiger charge is -2.26. The van der Waals surface area contributed by atoms with E-state index in [4.69, 9.17) is 4.74 Å². The van der Waals surface area contributed by atoms with E-state index in [1.54, 1.807) is 12.0 Å². The van der Waals surface area contributed by atoms with E-state index in [1.165, 1.54) is 0 Å². The van der Waals surface area contributed by atoms with Crippen LogP contribution in [0.5, 0.6) is 5.75 Å². The Morgan fingerprint density at radius 2 is 2.05 bits per heavy atom. The molecule has 5 heteroatoms. The zero-order valence-electron chi connectivity index (χ0n) is 13.0. The number of rotatable bonds is 5. The first-order chi connectivity index (χ1) is 9.92. The molecule has 1 saturated heterocycles. The maximum Gasteiger partial charge on any atom is 0.227 e. The lowest BCUT2D eigenvalue weighted by molar-refractivity contribution is -0.130. The summed E-state index contributed by atoms with van der Waals surface area (Å²) in [6.45, 7) is 1.62. The molecule has 1 heterocycles. The highest BCUT2D eigenvalue weighted by molar-refractivity contribution is 5.79. The van der Waals surface area contributed by atoms with Crippen molar-refractivity contribution in [3.05, 3.63) is 29.8 Å². The van der Waals surface area contributed by atoms with Crippen molar-refractivity contribution in [1.82, 2.24) is 9.80 Å². The van der Waals surface area contributed by atoms with E-state index in [9.17, 15) is 9.90 Å². The highest BCUT2D eigenvalue weighted by Gasteiger charge is 2.38. The number of hydrogen-bond acceptors (Lipinski definition) is 4. The first-order valence-corrected chi connectivity index (χ1v) is 7.20. The summed E-state index contributed by atoms with van der Waals surface area (Å²) in [4.78, 5) is 16.0. The molecule has 0 aliphatic carbocycles. The molecule has 1 aromatic carbocycles. The van der Waals surface area contributed by atoms with Crippen LogP contribution in [0.2, 0.25) is 0 Å². The minimum absolute atomic E-state index is 0.0647. The Balaban J connectivity index is 1.92. The Labute approximate surface area is 126 Å². The van der Waals surface area contributed by atoms with E-state index in [1.807, 2.05) is 43.3 Å². The summed E-state index contributed by atoms with van der Waals surface area (Å²) >= 11 is 0. The van der Waals surface area contributed by atoms with Gasteiger partial charge in [0.15, 0.2) is 0 Å². The fourth-order valence-corrected chi connectivity index (χ4v) is 2.82. The Hall–Kier alpha value is -1.59. The van der Waals surface area contributed by atoms with Gasteiger partial charge in [0.1, 0.15) is 5.75 Å². The smallest absolute Gasteiger partial charge is 0.227 e. The second-order valence-corrected chi connectivity index (χ2v) is 6.05. The van der Waals surface area contributed by atoms with Gasteiger partial charge >= 0.3 is 0 Å². The second kappa shape index (κ2) is 6.45. The minimum atomic E-state index is -0.779. The molecule has 1 N–H and O–H groups in total. The van der Waals surface area contributed by atoms with Gasteiger partial charge < -0.3 is 19.6 Å². The number of amides is 1. The maximum atomic E-state index is 12.3. The number of methoxy groups -OCH3 is 1. The summed E-state index contributed by atoms with van der Waals surface area (Å²) < 4.78 is 5.11. The van der Waals surface area contributed by atoms with Crippen LogP contribution in [0.1, 0.15) is 12.0 Å². The van der Waals surface area contributed by atoms with E-state index >= 15 is 0 Å². The van der Waals surface area contributed by atoms with Gasteiger partial charge in [0.25, 0.3) is 0 Å². The highest BCUT2D eigenvalue weighted by Crippen LogP contribution is 2.23. The summed E-state index contributed by atoms with van der Waals surface area (Å²) in [6.07, 6.45) is 1.00. The van der Waals surface area contributed by atoms with Crippen molar-refractivity contribution in [3.63, 3.8) is 0 Å². The van der Waals surface area contributed by atoms with Crippen LogP contribution >= 0.6 is 0 Å². The highest BCUT2D eigenvalue weighted by atomic mass is 16.5. The number of ether oxygens (including phenoxy) is 1. The van der Waals surface area contributed by atoms with Gasteiger partial charge in [-0.25, -0.2) is 0 Å². The molecule has 21 heavy (non-hydrogen) atoms. The van der Waals surface area contributed by atoms with Crippen molar-refractivity contribution in [1.29, 1.82) is 0 Å². The number of β-amino-alcohol motifs (C(OH)–C–C–N with tert-alkyl or cyclic N) is 1. The zero-order valence-corrected chi connectivity index (χ0v) is 13.0. The molecule has 1 atom stereocenters. The van der Waals surface area contributed by atoms with Crippen LogP contribution in [-0.4, -0.2) is 67.3 Å². The van der Waals surface area contributed by atoms with Crippen molar-refractivity contribution in [3.8, 4) is 5.75 Å². The van der Waals surface area contributed by atoms with Crippen molar-refractivity contribution < 1.29 is 14.6 Å². The largest absolute Gasteiger partial charge is 0.497 e. The van der Waals surface area contributed by atoms with Gasteiger partial charge in [0.05, 0.1) is 25.7 Å². The van der Waals surface area contributed by atoms with Crippen LogP contribution in [0.4, 0.5) is 0 Å². The molecule has 1 fully saturated rings. The average Bonchev–Trinajstić information content (AvgIpc) is 2.81. The van der Waals surface area contributed by atoms with E-state index in [0.717, 1.165) is 11.3 Å². The van der Waals surface area contributed by atoms with Gasteiger partial charge in [-0.15, -0.1) is 0 Å². The summed E-state index contributed by atoms with van der Waals surface area (Å²) in [6, 6.07) is 7.52. The molecule has 1 aliphatic rings. The van der Waals surface area contributed by atoms with Gasteiger partial charge in [0, 0.05) is 13.1 Å². The third kappa shape index (κ3) is 4.19. The van der Waals surface area contributed by atoms with Crippen molar-refractivity contribution in [2.45, 2.75) is 18.4 Å². The van der Waals surface area contributed by atoms with Crippen LogP contribution in [0.3, 0.4) is 0 Å². The summed E-state index contributed by atoms with van der Waals surface area (Å²) in [5.74, 6) is 0.850. The minimum Gasteiger partial charge on any atom is -0.497 e. The van der Waals surface area contributed by atoms with E-state index in [0.29, 0.717) is 32.5 Å². The van der Waals surface area contributed by atoms with Gasteiger partial charge in [-0.3, -0.25) is 4.79 Å². The number of likely N-dealkylation sites (tertiary alicyclic amines) is 1. The summed E-state index contributed by atoms with van der Waals surface area (Å²) in [7, 11) is 5.48. The fraction of sp³-hybridized carbons (Fsp3) is 0.562. The third-order valence-electron chi connectivity index (χ3n) is 3.81. The predicted molar refractivity (Wildman–Crippen MR) is 81.4 cm³/mol. The van der Waals surface area contributed by atoms with Crippen molar-refractivity contribution >= 4 is 5.91 Å². The first-order valence-electron chi connectivity index (χ1n) is 7.20. The lowest BCUT2D eigenvalue weighted by Crippen LogP contribution is -2.43. The van der Waals surface area contributed by atoms with Crippen molar-refractivity contribution in [2.24, 2.45) is 0 Å². The first kappa shape index (κ1) is 15.8. The number of likely N-dealkylation sites (N-methyl/N-ethyl adjacent to an activating group) is 1. The normalized spacial score (nSPS) is 21.9. The zero-order chi connectivity index (χ0) is 15.5. The molecule has 0 saturated carbocycles. The quantitative estimate of drug-likeness (QED) is 0.871. The summed E-state index contributed by atoms with van der Waals surface area (Å²) in [5, 5.41) is 10.5. The molecule has 5 nitrogen and oxygen atoms in total. The Bertz CT molecular complexity index is 487. The Kier molecular flexibility index (Phi) is 4.85. The number of aliphatic hydroxyl groups is 1. The molecule has 1 aromatic rings. The molecule has 0 unspecified atom stereocenters. The molecule has 0 bridgehead atoms. The maximum absolute atomic E-state index is 12.3. The van der Waals surface area contributed by atoms with Gasteiger partial charge in [-0.1, -0.05) is 12.1 Å². The number of nitrogens with zero attached hydrogens (tertiary/aromatic N) is 2. The van der Waals surface area contributed by atoms with E-state index in [2.05, 4.69) is 0 Å². The standard InChI is InChI=1S/C16H24N2O3/c1-17(2)11-16(20)8-9-18(12-16)15(19)10-13-4-6-14(21-3)7-5-13/h4-7,20H,8-12H2,1-3H3/t16-/m1/s1. The molecular weight excluding hydrogens is 268 g/mol. The predicted octanol–water partition coefficient (Wildman–Crippen LogP) is 0.763. The topological polar surface area (TPSA) is 53.0 Å². The lowest BCUT2D eigenvalue weighted by atomic mass is 10.0. The van der Waals surface area contributed by atoms with E-state index < -0.39 is 5.60 Å². The number of carbonyl (C=O) groups is 1. The number of hydrogen-bond donors (Lipinski definition) is 1. The Morgan fingerprint density at radius 3 is 2.62 bits per heavy atom. The van der Waals surface area contributed by atoms with Gasteiger partial charge in [0.2, 0.25) is 5.91 Å². The molecule has 116 valence electrons. The molecule has 1 amide bonds. The molecular formula is C16H24N2O3. The molecule has 0 spiro atoms. The van der Waals surface area contributed by atoms with E-state index in [-0.39, 0.29) is 5.91 Å². The second-order valence-electron chi connectivity index (χ2n) is 6.05. The summed E-state index contributed by atoms with van der Waals surface area (Å²) in [5.41, 5.74) is 0.183. The van der Waals surface area contributed by atoms with Crippen LogP contribution in [0, 0.1) is 0 Å². The Morgan fingerprint density at radius 1 is 1.38 bits per heavy atom. The number of carbonyl (C=O) groups excluding carboxylic acids is 1. The average molecular weight is 292 g/mol. The molecule has 0 radical (unpaired) electrons. The van der Waals surface area contributed by atoms with Crippen LogP contribution < -0.4 is 4.74 Å².